The van der Waals surface area contributed by atoms with Crippen molar-refractivity contribution in [2.75, 3.05) is 37.8 Å². The van der Waals surface area contributed by atoms with Crippen molar-refractivity contribution < 1.29 is 4.39 Å². The summed E-state index contributed by atoms with van der Waals surface area (Å²) in [7, 11) is 0. The normalized spacial score (nSPS) is 16.8. The summed E-state index contributed by atoms with van der Waals surface area (Å²) in [5.41, 5.74) is 1.14. The number of aryl methyl sites for hydroxylation is 1. The number of aromatic nitrogens is 4. The van der Waals surface area contributed by atoms with Gasteiger partial charge in [0.2, 0.25) is 5.13 Å². The lowest BCUT2D eigenvalue weighted by Gasteiger charge is -2.34. The Morgan fingerprint density at radius 1 is 1.25 bits per heavy atom. The zero-order chi connectivity index (χ0) is 13.8. The first-order chi connectivity index (χ1) is 9.85. The summed E-state index contributed by atoms with van der Waals surface area (Å²) < 4.78 is 17.9. The third-order valence-electron chi connectivity index (χ3n) is 3.40. The van der Waals surface area contributed by atoms with Crippen LogP contribution in [-0.4, -0.2) is 56.9 Å². The van der Waals surface area contributed by atoms with Crippen LogP contribution in [0.4, 0.5) is 9.52 Å². The van der Waals surface area contributed by atoms with E-state index in [2.05, 4.69) is 24.3 Å². The van der Waals surface area contributed by atoms with Gasteiger partial charge in [0.15, 0.2) is 0 Å². The maximum atomic E-state index is 12.2. The van der Waals surface area contributed by atoms with Gasteiger partial charge < -0.3 is 4.90 Å². The SMILES string of the molecule is FCCn1cc(CN2CCN(c3ncns3)CC2)cn1. The number of hydrogen-bond donors (Lipinski definition) is 0. The summed E-state index contributed by atoms with van der Waals surface area (Å²) in [6, 6.07) is 0. The van der Waals surface area contributed by atoms with Gasteiger partial charge in [0.05, 0.1) is 12.7 Å². The van der Waals surface area contributed by atoms with Crippen molar-refractivity contribution in [1.82, 2.24) is 24.0 Å². The smallest absolute Gasteiger partial charge is 0.205 e. The molecule has 0 saturated carbocycles. The molecule has 0 unspecified atom stereocenters. The van der Waals surface area contributed by atoms with E-state index in [4.69, 9.17) is 0 Å². The van der Waals surface area contributed by atoms with Crippen molar-refractivity contribution >= 4 is 16.7 Å². The molecule has 108 valence electrons. The minimum absolute atomic E-state index is 0.338. The first-order valence-corrected chi connectivity index (χ1v) is 7.44. The van der Waals surface area contributed by atoms with Crippen LogP contribution in [0.3, 0.4) is 0 Å². The Hall–Kier alpha value is -1.54. The molecule has 0 aliphatic carbocycles. The number of halogens is 1. The standard InChI is InChI=1S/C12H17FN6S/c13-1-2-19-9-11(7-15-19)8-17-3-5-18(6-4-17)12-14-10-16-20-12/h7,9-10H,1-6,8H2. The fourth-order valence-electron chi connectivity index (χ4n) is 2.36. The topological polar surface area (TPSA) is 50.1 Å². The van der Waals surface area contributed by atoms with Gasteiger partial charge in [0.25, 0.3) is 0 Å². The van der Waals surface area contributed by atoms with Crippen molar-refractivity contribution in [3.05, 3.63) is 24.3 Å². The molecule has 0 aromatic carbocycles. The van der Waals surface area contributed by atoms with Gasteiger partial charge in [0.1, 0.15) is 13.0 Å². The van der Waals surface area contributed by atoms with Gasteiger partial charge in [-0.15, -0.1) is 0 Å². The van der Waals surface area contributed by atoms with E-state index >= 15 is 0 Å². The lowest BCUT2D eigenvalue weighted by atomic mass is 10.2. The van der Waals surface area contributed by atoms with Crippen LogP contribution in [0.2, 0.25) is 0 Å². The summed E-state index contributed by atoms with van der Waals surface area (Å²) in [4.78, 5) is 8.89. The second-order valence-electron chi connectivity index (χ2n) is 4.79. The van der Waals surface area contributed by atoms with E-state index in [1.54, 1.807) is 11.0 Å². The van der Waals surface area contributed by atoms with Crippen LogP contribution in [0, 0.1) is 0 Å². The van der Waals surface area contributed by atoms with Gasteiger partial charge in [0, 0.05) is 56.0 Å². The predicted octanol–water partition coefficient (Wildman–Crippen LogP) is 1.03. The van der Waals surface area contributed by atoms with Crippen molar-refractivity contribution in [3.8, 4) is 0 Å². The van der Waals surface area contributed by atoms with E-state index in [0.717, 1.165) is 43.4 Å². The van der Waals surface area contributed by atoms with Gasteiger partial charge >= 0.3 is 0 Å². The lowest BCUT2D eigenvalue weighted by molar-refractivity contribution is 0.249. The molecule has 1 aliphatic rings. The maximum absolute atomic E-state index is 12.2. The summed E-state index contributed by atoms with van der Waals surface area (Å²) in [6.45, 7) is 4.76. The van der Waals surface area contributed by atoms with Crippen LogP contribution in [-0.2, 0) is 13.1 Å². The van der Waals surface area contributed by atoms with E-state index in [0.29, 0.717) is 6.54 Å². The molecule has 0 radical (unpaired) electrons. The number of hydrogen-bond acceptors (Lipinski definition) is 6. The Labute approximate surface area is 121 Å². The van der Waals surface area contributed by atoms with Crippen LogP contribution in [0.1, 0.15) is 5.56 Å². The third kappa shape index (κ3) is 3.13. The number of piperazine rings is 1. The van der Waals surface area contributed by atoms with E-state index in [9.17, 15) is 4.39 Å². The molecule has 6 nitrogen and oxygen atoms in total. The molecule has 1 saturated heterocycles. The molecule has 0 bridgehead atoms. The maximum Gasteiger partial charge on any atom is 0.205 e. The molecule has 3 heterocycles. The Morgan fingerprint density at radius 3 is 2.80 bits per heavy atom. The summed E-state index contributed by atoms with van der Waals surface area (Å²) in [5.74, 6) is 0. The molecular formula is C12H17FN6S. The van der Waals surface area contributed by atoms with E-state index in [1.165, 1.54) is 11.5 Å². The van der Waals surface area contributed by atoms with Gasteiger partial charge in [-0.25, -0.2) is 9.37 Å². The van der Waals surface area contributed by atoms with Gasteiger partial charge in [-0.3, -0.25) is 9.58 Å². The average Bonchev–Trinajstić information content (AvgIpc) is 3.12. The molecule has 8 heteroatoms. The summed E-state index contributed by atoms with van der Waals surface area (Å²) >= 11 is 1.44. The Morgan fingerprint density at radius 2 is 2.10 bits per heavy atom. The van der Waals surface area contributed by atoms with Crippen LogP contribution in [0.5, 0.6) is 0 Å². The van der Waals surface area contributed by atoms with Crippen molar-refractivity contribution in [1.29, 1.82) is 0 Å². The first kappa shape index (κ1) is 13.4. The minimum Gasteiger partial charge on any atom is -0.344 e. The fraction of sp³-hybridized carbons (Fsp3) is 0.583. The van der Waals surface area contributed by atoms with Crippen molar-refractivity contribution in [2.45, 2.75) is 13.1 Å². The largest absolute Gasteiger partial charge is 0.344 e. The lowest BCUT2D eigenvalue weighted by Crippen LogP contribution is -2.45. The zero-order valence-electron chi connectivity index (χ0n) is 11.2. The molecule has 1 fully saturated rings. The van der Waals surface area contributed by atoms with Crippen LogP contribution in [0.25, 0.3) is 0 Å². The van der Waals surface area contributed by atoms with E-state index in [1.807, 2.05) is 12.4 Å². The second kappa shape index (κ2) is 6.27. The van der Waals surface area contributed by atoms with Crippen molar-refractivity contribution in [3.63, 3.8) is 0 Å². The molecule has 0 atom stereocenters. The fourth-order valence-corrected chi connectivity index (χ4v) is 2.94. The molecule has 2 aromatic rings. The second-order valence-corrected chi connectivity index (χ2v) is 5.55. The van der Waals surface area contributed by atoms with Gasteiger partial charge in [-0.1, -0.05) is 0 Å². The first-order valence-electron chi connectivity index (χ1n) is 6.66. The Bertz CT molecular complexity index is 520. The molecular weight excluding hydrogens is 279 g/mol. The zero-order valence-corrected chi connectivity index (χ0v) is 12.0. The average molecular weight is 296 g/mol. The van der Waals surface area contributed by atoms with Crippen LogP contribution < -0.4 is 4.90 Å². The number of nitrogens with zero attached hydrogens (tertiary/aromatic N) is 6. The third-order valence-corrected chi connectivity index (χ3v) is 4.13. The van der Waals surface area contributed by atoms with Crippen molar-refractivity contribution in [2.24, 2.45) is 0 Å². The molecule has 0 spiro atoms. The summed E-state index contributed by atoms with van der Waals surface area (Å²) in [6.07, 6.45) is 5.36. The summed E-state index contributed by atoms with van der Waals surface area (Å²) in [5, 5.41) is 5.15. The highest BCUT2D eigenvalue weighted by Gasteiger charge is 2.19. The number of alkyl halides is 1. The molecule has 3 rings (SSSR count). The molecule has 1 aliphatic heterocycles. The predicted molar refractivity (Wildman–Crippen MR) is 75.6 cm³/mol. The van der Waals surface area contributed by atoms with E-state index < -0.39 is 0 Å². The van der Waals surface area contributed by atoms with Gasteiger partial charge in [-0.2, -0.15) is 9.47 Å². The number of anilines is 1. The highest BCUT2D eigenvalue weighted by molar-refractivity contribution is 7.09. The van der Waals surface area contributed by atoms with E-state index in [-0.39, 0.29) is 6.67 Å². The monoisotopic (exact) mass is 296 g/mol. The van der Waals surface area contributed by atoms with Crippen LogP contribution in [0.15, 0.2) is 18.7 Å². The van der Waals surface area contributed by atoms with Gasteiger partial charge in [-0.05, 0) is 0 Å². The molecule has 0 amide bonds. The quantitative estimate of drug-likeness (QED) is 0.825. The molecule has 20 heavy (non-hydrogen) atoms. The minimum atomic E-state index is -0.373. The van der Waals surface area contributed by atoms with Crippen LogP contribution >= 0.6 is 11.5 Å². The highest BCUT2D eigenvalue weighted by atomic mass is 32.1. The molecule has 0 N–H and O–H groups in total. The number of rotatable bonds is 5. The molecule has 2 aromatic heterocycles. The Kier molecular flexibility index (Phi) is 4.22. The highest BCUT2D eigenvalue weighted by Crippen LogP contribution is 2.17. The Balaban J connectivity index is 1.50.